The average Bonchev–Trinajstić information content (AvgIpc) is 2.53. The summed E-state index contributed by atoms with van der Waals surface area (Å²) in [5.41, 5.74) is 2.03. The van der Waals surface area contributed by atoms with Crippen LogP contribution in [0.1, 0.15) is 34.1 Å². The summed E-state index contributed by atoms with van der Waals surface area (Å²) in [6.07, 6.45) is 1.47. The lowest BCUT2D eigenvalue weighted by molar-refractivity contribution is 0.0505. The topological polar surface area (TPSA) is 63.6 Å². The number of phenolic OH excluding ortho intramolecular Hbond substituents is 1. The SMILES string of the molecule is CCCOC(=O)c1cccc(-c2cc(C=O)ccc2O)c1. The fourth-order valence-electron chi connectivity index (χ4n) is 1.95. The summed E-state index contributed by atoms with van der Waals surface area (Å²) in [6.45, 7) is 2.29. The normalized spacial score (nSPS) is 10.1. The van der Waals surface area contributed by atoms with Gasteiger partial charge in [-0.2, -0.15) is 0 Å². The van der Waals surface area contributed by atoms with Gasteiger partial charge in [0.05, 0.1) is 12.2 Å². The third-order valence-corrected chi connectivity index (χ3v) is 3.00. The number of aromatic hydroxyl groups is 1. The molecule has 0 aliphatic heterocycles. The number of rotatable bonds is 5. The number of carbonyl (C=O) groups is 2. The Morgan fingerprint density at radius 3 is 2.76 bits per heavy atom. The summed E-state index contributed by atoms with van der Waals surface area (Å²) in [5.74, 6) is -0.343. The van der Waals surface area contributed by atoms with Crippen molar-refractivity contribution < 1.29 is 19.4 Å². The molecule has 2 aromatic rings. The van der Waals surface area contributed by atoms with Crippen LogP contribution in [0.5, 0.6) is 5.75 Å². The summed E-state index contributed by atoms with van der Waals surface area (Å²) in [6, 6.07) is 11.3. The van der Waals surface area contributed by atoms with Crippen molar-refractivity contribution in [2.75, 3.05) is 6.61 Å². The van der Waals surface area contributed by atoms with Crippen LogP contribution in [-0.4, -0.2) is 24.0 Å². The fraction of sp³-hybridized carbons (Fsp3) is 0.176. The van der Waals surface area contributed by atoms with Gasteiger partial charge in [-0.05, 0) is 42.3 Å². The first-order valence-electron chi connectivity index (χ1n) is 6.71. The van der Waals surface area contributed by atoms with Crippen LogP contribution in [0.4, 0.5) is 0 Å². The van der Waals surface area contributed by atoms with E-state index < -0.39 is 5.97 Å². The molecule has 0 spiro atoms. The lowest BCUT2D eigenvalue weighted by Crippen LogP contribution is -2.05. The number of esters is 1. The van der Waals surface area contributed by atoms with E-state index in [1.54, 1.807) is 30.3 Å². The Balaban J connectivity index is 2.37. The van der Waals surface area contributed by atoms with Gasteiger partial charge in [0.15, 0.2) is 0 Å². The highest BCUT2D eigenvalue weighted by molar-refractivity contribution is 5.91. The van der Waals surface area contributed by atoms with E-state index in [0.29, 0.717) is 35.1 Å². The summed E-state index contributed by atoms with van der Waals surface area (Å²) >= 11 is 0. The van der Waals surface area contributed by atoms with E-state index in [9.17, 15) is 14.7 Å². The van der Waals surface area contributed by atoms with E-state index in [1.165, 1.54) is 12.1 Å². The Labute approximate surface area is 123 Å². The monoisotopic (exact) mass is 284 g/mol. The number of aldehydes is 1. The number of ether oxygens (including phenoxy) is 1. The standard InChI is InChI=1S/C17H16O4/c1-2-8-21-17(20)14-5-3-4-13(10-14)15-9-12(11-18)6-7-16(15)19/h3-7,9-11,19H,2,8H2,1H3. The lowest BCUT2D eigenvalue weighted by Gasteiger charge is -2.08. The quantitative estimate of drug-likeness (QED) is 0.674. The van der Waals surface area contributed by atoms with Crippen molar-refractivity contribution in [3.63, 3.8) is 0 Å². The number of hydrogen-bond donors (Lipinski definition) is 1. The van der Waals surface area contributed by atoms with E-state index in [-0.39, 0.29) is 5.75 Å². The molecule has 0 bridgehead atoms. The zero-order valence-electron chi connectivity index (χ0n) is 11.7. The molecule has 4 nitrogen and oxygen atoms in total. The van der Waals surface area contributed by atoms with Crippen molar-refractivity contribution in [2.45, 2.75) is 13.3 Å². The minimum Gasteiger partial charge on any atom is -0.507 e. The summed E-state index contributed by atoms with van der Waals surface area (Å²) in [7, 11) is 0. The summed E-state index contributed by atoms with van der Waals surface area (Å²) < 4.78 is 5.09. The summed E-state index contributed by atoms with van der Waals surface area (Å²) in [4.78, 5) is 22.7. The highest BCUT2D eigenvalue weighted by atomic mass is 16.5. The fourth-order valence-corrected chi connectivity index (χ4v) is 1.95. The maximum absolute atomic E-state index is 11.9. The second-order valence-corrected chi connectivity index (χ2v) is 4.61. The molecular weight excluding hydrogens is 268 g/mol. The van der Waals surface area contributed by atoms with Crippen molar-refractivity contribution in [3.8, 4) is 16.9 Å². The molecule has 1 N–H and O–H groups in total. The van der Waals surface area contributed by atoms with Crippen LogP contribution in [0.2, 0.25) is 0 Å². The molecule has 0 saturated heterocycles. The van der Waals surface area contributed by atoms with Crippen LogP contribution in [0, 0.1) is 0 Å². The van der Waals surface area contributed by atoms with Crippen LogP contribution < -0.4 is 0 Å². The van der Waals surface area contributed by atoms with Gasteiger partial charge in [-0.3, -0.25) is 4.79 Å². The van der Waals surface area contributed by atoms with Crippen molar-refractivity contribution in [1.82, 2.24) is 0 Å². The van der Waals surface area contributed by atoms with Gasteiger partial charge < -0.3 is 9.84 Å². The first-order valence-corrected chi connectivity index (χ1v) is 6.71. The number of carbonyl (C=O) groups excluding carboxylic acids is 2. The number of phenols is 1. The van der Waals surface area contributed by atoms with Gasteiger partial charge in [0.2, 0.25) is 0 Å². The molecule has 0 fully saturated rings. The Hall–Kier alpha value is -2.62. The van der Waals surface area contributed by atoms with Crippen LogP contribution in [-0.2, 0) is 4.74 Å². The van der Waals surface area contributed by atoms with E-state index in [0.717, 1.165) is 6.42 Å². The molecule has 4 heteroatoms. The lowest BCUT2D eigenvalue weighted by atomic mass is 10.0. The van der Waals surface area contributed by atoms with Crippen molar-refractivity contribution >= 4 is 12.3 Å². The second kappa shape index (κ2) is 6.70. The predicted octanol–water partition coefficient (Wildman–Crippen LogP) is 3.44. The highest BCUT2D eigenvalue weighted by Crippen LogP contribution is 2.30. The second-order valence-electron chi connectivity index (χ2n) is 4.61. The Kier molecular flexibility index (Phi) is 4.72. The smallest absolute Gasteiger partial charge is 0.338 e. The van der Waals surface area contributed by atoms with E-state index in [4.69, 9.17) is 4.74 Å². The van der Waals surface area contributed by atoms with Gasteiger partial charge in [-0.1, -0.05) is 19.1 Å². The molecule has 0 saturated carbocycles. The maximum atomic E-state index is 11.9. The van der Waals surface area contributed by atoms with E-state index >= 15 is 0 Å². The minimum atomic E-state index is -0.398. The zero-order valence-corrected chi connectivity index (χ0v) is 11.7. The molecule has 0 atom stereocenters. The molecule has 0 heterocycles. The third kappa shape index (κ3) is 3.48. The molecule has 0 unspecified atom stereocenters. The largest absolute Gasteiger partial charge is 0.507 e. The minimum absolute atomic E-state index is 0.0553. The molecule has 0 aromatic heterocycles. The van der Waals surface area contributed by atoms with Crippen molar-refractivity contribution in [1.29, 1.82) is 0 Å². The Morgan fingerprint density at radius 2 is 2.05 bits per heavy atom. The molecule has 0 aliphatic carbocycles. The zero-order chi connectivity index (χ0) is 15.2. The molecule has 108 valence electrons. The van der Waals surface area contributed by atoms with Crippen LogP contribution in [0.15, 0.2) is 42.5 Å². The van der Waals surface area contributed by atoms with Gasteiger partial charge in [-0.15, -0.1) is 0 Å². The van der Waals surface area contributed by atoms with Gasteiger partial charge >= 0.3 is 5.97 Å². The predicted molar refractivity (Wildman–Crippen MR) is 79.5 cm³/mol. The van der Waals surface area contributed by atoms with Crippen molar-refractivity contribution in [2.24, 2.45) is 0 Å². The molecule has 21 heavy (non-hydrogen) atoms. The molecule has 2 aromatic carbocycles. The highest BCUT2D eigenvalue weighted by Gasteiger charge is 2.10. The van der Waals surface area contributed by atoms with E-state index in [2.05, 4.69) is 0 Å². The summed E-state index contributed by atoms with van der Waals surface area (Å²) in [5, 5.41) is 9.92. The molecule has 0 amide bonds. The number of benzene rings is 2. The average molecular weight is 284 g/mol. The first kappa shape index (κ1) is 14.8. The van der Waals surface area contributed by atoms with E-state index in [1.807, 2.05) is 6.92 Å². The van der Waals surface area contributed by atoms with Gasteiger partial charge in [0, 0.05) is 11.1 Å². The number of hydrogen-bond acceptors (Lipinski definition) is 4. The molecule has 2 rings (SSSR count). The third-order valence-electron chi connectivity index (χ3n) is 3.00. The van der Waals surface area contributed by atoms with Gasteiger partial charge in [-0.25, -0.2) is 4.79 Å². The van der Waals surface area contributed by atoms with Crippen LogP contribution in [0.3, 0.4) is 0 Å². The van der Waals surface area contributed by atoms with Crippen molar-refractivity contribution in [3.05, 3.63) is 53.6 Å². The van der Waals surface area contributed by atoms with Crippen LogP contribution >= 0.6 is 0 Å². The Morgan fingerprint density at radius 1 is 1.24 bits per heavy atom. The molecule has 0 aliphatic rings. The Bertz CT molecular complexity index is 662. The molecular formula is C17H16O4. The van der Waals surface area contributed by atoms with Gasteiger partial charge in [0.25, 0.3) is 0 Å². The first-order chi connectivity index (χ1) is 10.2. The van der Waals surface area contributed by atoms with Crippen LogP contribution in [0.25, 0.3) is 11.1 Å². The maximum Gasteiger partial charge on any atom is 0.338 e. The van der Waals surface area contributed by atoms with Gasteiger partial charge in [0.1, 0.15) is 12.0 Å². The molecule has 0 radical (unpaired) electrons.